The van der Waals surface area contributed by atoms with Crippen LogP contribution in [0.25, 0.3) is 5.65 Å². The molecule has 0 bridgehead atoms. The molecule has 0 saturated carbocycles. The largest absolute Gasteiger partial charge is 0.464 e. The minimum absolute atomic E-state index is 0.339. The zero-order chi connectivity index (χ0) is 13.2. The van der Waals surface area contributed by atoms with E-state index in [4.69, 9.17) is 4.74 Å². The molecule has 19 heavy (non-hydrogen) atoms. The number of hydrogen-bond acceptors (Lipinski definition) is 4. The molecule has 1 unspecified atom stereocenters. The van der Waals surface area contributed by atoms with Gasteiger partial charge in [-0.15, -0.1) is 0 Å². The fourth-order valence-electron chi connectivity index (χ4n) is 2.61. The Labute approximate surface area is 111 Å². The second-order valence-electron chi connectivity index (χ2n) is 4.86. The normalized spacial score (nSPS) is 18.9. The van der Waals surface area contributed by atoms with Crippen molar-refractivity contribution in [1.29, 1.82) is 0 Å². The van der Waals surface area contributed by atoms with Crippen molar-refractivity contribution in [2.24, 2.45) is 0 Å². The summed E-state index contributed by atoms with van der Waals surface area (Å²) >= 11 is 0. The summed E-state index contributed by atoms with van der Waals surface area (Å²) in [5.74, 6) is -0.339. The van der Waals surface area contributed by atoms with Crippen molar-refractivity contribution in [3.8, 4) is 0 Å². The number of rotatable bonds is 3. The highest BCUT2D eigenvalue weighted by atomic mass is 16.5. The van der Waals surface area contributed by atoms with Gasteiger partial charge in [-0.2, -0.15) is 0 Å². The number of pyridine rings is 1. The smallest absolute Gasteiger partial charge is 0.355 e. The summed E-state index contributed by atoms with van der Waals surface area (Å²) in [6.45, 7) is 1.09. The minimum Gasteiger partial charge on any atom is -0.464 e. The van der Waals surface area contributed by atoms with Crippen LogP contribution in [0.1, 0.15) is 29.0 Å². The summed E-state index contributed by atoms with van der Waals surface area (Å²) in [7, 11) is 1.39. The van der Waals surface area contributed by atoms with Crippen molar-refractivity contribution in [3.63, 3.8) is 0 Å². The Bertz CT molecular complexity index is 600. The highest BCUT2D eigenvalue weighted by molar-refractivity contribution is 5.88. The Kier molecular flexibility index (Phi) is 3.21. The van der Waals surface area contributed by atoms with Crippen LogP contribution in [0, 0.1) is 0 Å². The third kappa shape index (κ3) is 2.33. The summed E-state index contributed by atoms with van der Waals surface area (Å²) in [6.07, 6.45) is 5.26. The van der Waals surface area contributed by atoms with E-state index in [2.05, 4.69) is 10.3 Å². The minimum atomic E-state index is -0.339. The van der Waals surface area contributed by atoms with Crippen molar-refractivity contribution >= 4 is 11.6 Å². The Hall–Kier alpha value is -1.88. The molecule has 1 atom stereocenters. The van der Waals surface area contributed by atoms with Crippen LogP contribution in [-0.4, -0.2) is 35.1 Å². The number of nitrogens with zero attached hydrogens (tertiary/aromatic N) is 2. The van der Waals surface area contributed by atoms with Gasteiger partial charge in [-0.3, -0.25) is 4.40 Å². The number of imidazole rings is 1. The molecule has 0 spiro atoms. The van der Waals surface area contributed by atoms with E-state index in [1.807, 2.05) is 18.3 Å². The van der Waals surface area contributed by atoms with Gasteiger partial charge in [0.2, 0.25) is 0 Å². The Morgan fingerprint density at radius 3 is 3.21 bits per heavy atom. The first-order valence-electron chi connectivity index (χ1n) is 6.56. The number of hydrogen-bond donors (Lipinski definition) is 1. The molecule has 0 aliphatic carbocycles. The molecule has 1 fully saturated rings. The van der Waals surface area contributed by atoms with Crippen molar-refractivity contribution < 1.29 is 9.53 Å². The van der Waals surface area contributed by atoms with Gasteiger partial charge in [-0.1, -0.05) is 6.07 Å². The van der Waals surface area contributed by atoms with Gasteiger partial charge in [0.1, 0.15) is 11.3 Å². The standard InChI is InChI=1S/C14H17N3O2/c1-19-14(18)12-5-2-6-13-16-11(9-17(12)13)8-10-4-3-7-15-10/h2,5-6,9-10,15H,3-4,7-8H2,1H3. The van der Waals surface area contributed by atoms with Gasteiger partial charge >= 0.3 is 5.97 Å². The summed E-state index contributed by atoms with van der Waals surface area (Å²) in [4.78, 5) is 16.3. The van der Waals surface area contributed by atoms with Crippen LogP contribution in [0.3, 0.4) is 0 Å². The summed E-state index contributed by atoms with van der Waals surface area (Å²) in [5.41, 5.74) is 2.31. The second kappa shape index (κ2) is 5.01. The molecule has 0 aromatic carbocycles. The Balaban J connectivity index is 1.93. The molecule has 1 N–H and O–H groups in total. The number of carbonyl (C=O) groups is 1. The van der Waals surface area contributed by atoms with Gasteiger partial charge in [-0.25, -0.2) is 9.78 Å². The van der Waals surface area contributed by atoms with Crippen LogP contribution in [-0.2, 0) is 11.2 Å². The first-order chi connectivity index (χ1) is 9.28. The van der Waals surface area contributed by atoms with E-state index in [0.29, 0.717) is 11.7 Å². The van der Waals surface area contributed by atoms with Gasteiger partial charge in [0.15, 0.2) is 0 Å². The van der Waals surface area contributed by atoms with E-state index < -0.39 is 0 Å². The summed E-state index contributed by atoms with van der Waals surface area (Å²) < 4.78 is 6.59. The van der Waals surface area contributed by atoms with E-state index in [1.165, 1.54) is 20.0 Å². The molecule has 0 radical (unpaired) electrons. The lowest BCUT2D eigenvalue weighted by Crippen LogP contribution is -2.23. The van der Waals surface area contributed by atoms with Crippen LogP contribution in [0.4, 0.5) is 0 Å². The maximum Gasteiger partial charge on any atom is 0.355 e. The van der Waals surface area contributed by atoms with E-state index in [-0.39, 0.29) is 5.97 Å². The molecule has 3 rings (SSSR count). The summed E-state index contributed by atoms with van der Waals surface area (Å²) in [6, 6.07) is 5.98. The molecule has 2 aromatic heterocycles. The zero-order valence-electron chi connectivity index (χ0n) is 10.9. The number of esters is 1. The topological polar surface area (TPSA) is 55.6 Å². The molecule has 3 heterocycles. The number of methoxy groups -OCH3 is 1. The lowest BCUT2D eigenvalue weighted by atomic mass is 10.1. The molecule has 0 amide bonds. The van der Waals surface area contributed by atoms with Gasteiger partial charge in [0.25, 0.3) is 0 Å². The molecule has 2 aromatic rings. The van der Waals surface area contributed by atoms with E-state index in [1.54, 1.807) is 10.5 Å². The highest BCUT2D eigenvalue weighted by Crippen LogP contribution is 2.14. The van der Waals surface area contributed by atoms with Crippen molar-refractivity contribution in [2.45, 2.75) is 25.3 Å². The second-order valence-corrected chi connectivity index (χ2v) is 4.86. The first kappa shape index (κ1) is 12.2. The maximum absolute atomic E-state index is 11.7. The molecule has 1 aliphatic heterocycles. The average molecular weight is 259 g/mol. The SMILES string of the molecule is COC(=O)c1cccc2nc(CC3CCCN3)cn12. The number of nitrogens with one attached hydrogen (secondary N) is 1. The van der Waals surface area contributed by atoms with Gasteiger partial charge in [0.05, 0.1) is 12.8 Å². The molecular weight excluding hydrogens is 242 g/mol. The lowest BCUT2D eigenvalue weighted by molar-refractivity contribution is 0.0592. The van der Waals surface area contributed by atoms with Crippen molar-refractivity contribution in [1.82, 2.24) is 14.7 Å². The molecule has 100 valence electrons. The number of fused-ring (bicyclic) bond motifs is 1. The van der Waals surface area contributed by atoms with Gasteiger partial charge in [-0.05, 0) is 31.5 Å². The number of aromatic nitrogens is 2. The third-order valence-corrected chi connectivity index (χ3v) is 3.55. The van der Waals surface area contributed by atoms with Crippen LogP contribution in [0.15, 0.2) is 24.4 Å². The van der Waals surface area contributed by atoms with Gasteiger partial charge in [0, 0.05) is 18.7 Å². The van der Waals surface area contributed by atoms with Crippen molar-refractivity contribution in [3.05, 3.63) is 35.8 Å². The van der Waals surface area contributed by atoms with Crippen LogP contribution in [0.2, 0.25) is 0 Å². The first-order valence-corrected chi connectivity index (χ1v) is 6.56. The quantitative estimate of drug-likeness (QED) is 0.847. The van der Waals surface area contributed by atoms with E-state index in [0.717, 1.165) is 24.3 Å². The number of carbonyl (C=O) groups excluding carboxylic acids is 1. The van der Waals surface area contributed by atoms with Crippen LogP contribution >= 0.6 is 0 Å². The monoisotopic (exact) mass is 259 g/mol. The zero-order valence-corrected chi connectivity index (χ0v) is 10.9. The van der Waals surface area contributed by atoms with Crippen LogP contribution in [0.5, 0.6) is 0 Å². The highest BCUT2D eigenvalue weighted by Gasteiger charge is 2.17. The third-order valence-electron chi connectivity index (χ3n) is 3.55. The summed E-state index contributed by atoms with van der Waals surface area (Å²) in [5, 5.41) is 3.46. The van der Waals surface area contributed by atoms with Gasteiger partial charge < -0.3 is 10.1 Å². The molecule has 5 heteroatoms. The fourth-order valence-corrected chi connectivity index (χ4v) is 2.61. The Morgan fingerprint density at radius 2 is 2.47 bits per heavy atom. The maximum atomic E-state index is 11.7. The lowest BCUT2D eigenvalue weighted by Gasteiger charge is -2.06. The fraction of sp³-hybridized carbons (Fsp3) is 0.429. The van der Waals surface area contributed by atoms with E-state index in [9.17, 15) is 4.79 Å². The van der Waals surface area contributed by atoms with Crippen LogP contribution < -0.4 is 5.32 Å². The molecule has 1 saturated heterocycles. The molecular formula is C14H17N3O2. The molecule has 1 aliphatic rings. The van der Waals surface area contributed by atoms with Crippen molar-refractivity contribution in [2.75, 3.05) is 13.7 Å². The van der Waals surface area contributed by atoms with E-state index >= 15 is 0 Å². The predicted octanol–water partition coefficient (Wildman–Crippen LogP) is 1.42. The molecule has 5 nitrogen and oxygen atoms in total. The number of ether oxygens (including phenoxy) is 1. The predicted molar refractivity (Wildman–Crippen MR) is 71.3 cm³/mol. The average Bonchev–Trinajstić information content (AvgIpc) is 3.06. The Morgan fingerprint density at radius 1 is 1.58 bits per heavy atom.